The summed E-state index contributed by atoms with van der Waals surface area (Å²) >= 11 is 0. The zero-order valence-corrected chi connectivity index (χ0v) is 7.81. The van der Waals surface area contributed by atoms with E-state index in [0.717, 1.165) is 12.1 Å². The zero-order valence-electron chi connectivity index (χ0n) is 7.81. The first kappa shape index (κ1) is 9.55. The van der Waals surface area contributed by atoms with Gasteiger partial charge in [0.05, 0.1) is 12.7 Å². The SMILES string of the molecule is CNC[C@@H]1OCc2c(F)ccc(F)c21. The van der Waals surface area contributed by atoms with Gasteiger partial charge in [-0.25, -0.2) is 8.78 Å². The Morgan fingerprint density at radius 3 is 2.86 bits per heavy atom. The third-order valence-corrected chi connectivity index (χ3v) is 2.39. The Morgan fingerprint density at radius 1 is 1.43 bits per heavy atom. The maximum Gasteiger partial charge on any atom is 0.129 e. The van der Waals surface area contributed by atoms with Gasteiger partial charge in [0.2, 0.25) is 0 Å². The molecule has 4 heteroatoms. The number of likely N-dealkylation sites (N-methyl/N-ethyl adjacent to an activating group) is 1. The van der Waals surface area contributed by atoms with Gasteiger partial charge in [-0.15, -0.1) is 0 Å². The molecule has 0 aliphatic carbocycles. The van der Waals surface area contributed by atoms with E-state index in [1.807, 2.05) is 0 Å². The normalized spacial score (nSPS) is 19.8. The zero-order chi connectivity index (χ0) is 10.1. The highest BCUT2D eigenvalue weighted by Crippen LogP contribution is 2.33. The van der Waals surface area contributed by atoms with Crippen LogP contribution < -0.4 is 5.32 Å². The summed E-state index contributed by atoms with van der Waals surface area (Å²) in [4.78, 5) is 0. The van der Waals surface area contributed by atoms with E-state index in [0.29, 0.717) is 17.7 Å². The molecule has 1 aromatic carbocycles. The van der Waals surface area contributed by atoms with E-state index in [1.165, 1.54) is 0 Å². The average Bonchev–Trinajstić information content (AvgIpc) is 2.58. The van der Waals surface area contributed by atoms with Gasteiger partial charge >= 0.3 is 0 Å². The van der Waals surface area contributed by atoms with Gasteiger partial charge in [0, 0.05) is 17.7 Å². The summed E-state index contributed by atoms with van der Waals surface area (Å²) in [6.45, 7) is 0.651. The third-order valence-electron chi connectivity index (χ3n) is 2.39. The number of halogens is 2. The molecule has 0 amide bonds. The molecule has 1 aliphatic rings. The smallest absolute Gasteiger partial charge is 0.129 e. The highest BCUT2D eigenvalue weighted by Gasteiger charge is 2.28. The summed E-state index contributed by atoms with van der Waals surface area (Å²) in [5.74, 6) is -0.779. The minimum atomic E-state index is -0.390. The van der Waals surface area contributed by atoms with E-state index >= 15 is 0 Å². The lowest BCUT2D eigenvalue weighted by Gasteiger charge is -2.10. The molecular formula is C10H11F2NO. The van der Waals surface area contributed by atoms with Crippen LogP contribution in [0.5, 0.6) is 0 Å². The maximum absolute atomic E-state index is 13.4. The van der Waals surface area contributed by atoms with Crippen molar-refractivity contribution in [2.75, 3.05) is 13.6 Å². The Balaban J connectivity index is 2.42. The van der Waals surface area contributed by atoms with E-state index in [-0.39, 0.29) is 24.3 Å². The molecule has 0 saturated carbocycles. The van der Waals surface area contributed by atoms with Crippen molar-refractivity contribution < 1.29 is 13.5 Å². The van der Waals surface area contributed by atoms with Crippen molar-refractivity contribution in [1.82, 2.24) is 5.32 Å². The van der Waals surface area contributed by atoms with Gasteiger partial charge in [-0.2, -0.15) is 0 Å². The number of ether oxygens (including phenoxy) is 1. The molecule has 0 unspecified atom stereocenters. The van der Waals surface area contributed by atoms with E-state index in [2.05, 4.69) is 5.32 Å². The lowest BCUT2D eigenvalue weighted by Crippen LogP contribution is -2.17. The predicted octanol–water partition coefficient (Wildman–Crippen LogP) is 1.76. The number of benzene rings is 1. The highest BCUT2D eigenvalue weighted by molar-refractivity contribution is 5.34. The van der Waals surface area contributed by atoms with Crippen LogP contribution in [0.15, 0.2) is 12.1 Å². The molecule has 1 aliphatic heterocycles. The number of hydrogen-bond acceptors (Lipinski definition) is 2. The summed E-state index contributed by atoms with van der Waals surface area (Å²) in [7, 11) is 1.75. The van der Waals surface area contributed by atoms with E-state index in [4.69, 9.17) is 4.74 Å². The molecule has 0 spiro atoms. The lowest BCUT2D eigenvalue weighted by atomic mass is 10.0. The largest absolute Gasteiger partial charge is 0.367 e. The number of nitrogens with one attached hydrogen (secondary N) is 1. The van der Waals surface area contributed by atoms with Crippen LogP contribution in [0.4, 0.5) is 8.78 Å². The third kappa shape index (κ3) is 1.40. The van der Waals surface area contributed by atoms with Gasteiger partial charge in [0.1, 0.15) is 11.6 Å². The molecule has 1 atom stereocenters. The van der Waals surface area contributed by atoms with Crippen molar-refractivity contribution in [3.63, 3.8) is 0 Å². The first-order chi connectivity index (χ1) is 6.74. The van der Waals surface area contributed by atoms with Crippen molar-refractivity contribution >= 4 is 0 Å². The fourth-order valence-corrected chi connectivity index (χ4v) is 1.72. The molecule has 1 aromatic rings. The predicted molar refractivity (Wildman–Crippen MR) is 47.8 cm³/mol. The maximum atomic E-state index is 13.4. The molecule has 0 bridgehead atoms. The van der Waals surface area contributed by atoms with Crippen molar-refractivity contribution in [2.45, 2.75) is 12.7 Å². The lowest BCUT2D eigenvalue weighted by molar-refractivity contribution is 0.0653. The van der Waals surface area contributed by atoms with Crippen molar-refractivity contribution in [1.29, 1.82) is 0 Å². The van der Waals surface area contributed by atoms with Crippen LogP contribution in [0, 0.1) is 11.6 Å². The van der Waals surface area contributed by atoms with Gasteiger partial charge in [-0.1, -0.05) is 0 Å². The summed E-state index contributed by atoms with van der Waals surface area (Å²) in [6, 6.07) is 2.28. The second-order valence-electron chi connectivity index (χ2n) is 3.28. The molecule has 0 aromatic heterocycles. The quantitative estimate of drug-likeness (QED) is 0.783. The minimum absolute atomic E-state index is 0.158. The Hall–Kier alpha value is -1.00. The van der Waals surface area contributed by atoms with Crippen LogP contribution >= 0.6 is 0 Å². The molecular weight excluding hydrogens is 188 g/mol. The van der Waals surface area contributed by atoms with E-state index in [9.17, 15) is 8.78 Å². The van der Waals surface area contributed by atoms with Crippen LogP contribution in [0.3, 0.4) is 0 Å². The molecule has 76 valence electrons. The monoisotopic (exact) mass is 199 g/mol. The van der Waals surface area contributed by atoms with Crippen LogP contribution in [0.2, 0.25) is 0 Å². The van der Waals surface area contributed by atoms with Crippen molar-refractivity contribution in [2.24, 2.45) is 0 Å². The molecule has 0 saturated heterocycles. The van der Waals surface area contributed by atoms with Crippen molar-refractivity contribution in [3.8, 4) is 0 Å². The topological polar surface area (TPSA) is 21.3 Å². The van der Waals surface area contributed by atoms with Crippen LogP contribution in [-0.4, -0.2) is 13.6 Å². The molecule has 1 N–H and O–H groups in total. The Labute approximate surface area is 80.9 Å². The first-order valence-electron chi connectivity index (χ1n) is 4.47. The summed E-state index contributed by atoms with van der Waals surface area (Å²) in [6.07, 6.45) is -0.370. The van der Waals surface area contributed by atoms with Crippen molar-refractivity contribution in [3.05, 3.63) is 34.9 Å². The van der Waals surface area contributed by atoms with Gasteiger partial charge in [0.25, 0.3) is 0 Å². The van der Waals surface area contributed by atoms with Crippen LogP contribution in [-0.2, 0) is 11.3 Å². The first-order valence-corrected chi connectivity index (χ1v) is 4.47. The van der Waals surface area contributed by atoms with Gasteiger partial charge < -0.3 is 10.1 Å². The molecule has 2 nitrogen and oxygen atoms in total. The second-order valence-corrected chi connectivity index (χ2v) is 3.28. The fraction of sp³-hybridized carbons (Fsp3) is 0.400. The Kier molecular flexibility index (Phi) is 2.48. The molecule has 0 fully saturated rings. The summed E-state index contributed by atoms with van der Waals surface area (Å²) in [5, 5.41) is 2.88. The Morgan fingerprint density at radius 2 is 2.14 bits per heavy atom. The van der Waals surface area contributed by atoms with Gasteiger partial charge in [0.15, 0.2) is 0 Å². The van der Waals surface area contributed by atoms with Crippen LogP contribution in [0.25, 0.3) is 0 Å². The number of rotatable bonds is 2. The molecule has 2 rings (SSSR count). The molecule has 1 heterocycles. The van der Waals surface area contributed by atoms with Gasteiger partial charge in [-0.05, 0) is 19.2 Å². The highest BCUT2D eigenvalue weighted by atomic mass is 19.1. The molecule has 0 radical (unpaired) electrons. The Bertz CT molecular complexity index is 354. The van der Waals surface area contributed by atoms with E-state index < -0.39 is 0 Å². The van der Waals surface area contributed by atoms with Crippen LogP contribution in [0.1, 0.15) is 17.2 Å². The average molecular weight is 199 g/mol. The summed E-state index contributed by atoms with van der Waals surface area (Å²) < 4.78 is 31.9. The number of fused-ring (bicyclic) bond motifs is 1. The number of hydrogen-bond donors (Lipinski definition) is 1. The van der Waals surface area contributed by atoms with E-state index in [1.54, 1.807) is 7.05 Å². The standard InChI is InChI=1S/C10H11F2NO/c1-13-4-9-10-6(5-14-9)7(11)2-3-8(10)12/h2-3,9,13H,4-5H2,1H3/t9-/m0/s1. The second kappa shape index (κ2) is 3.63. The fourth-order valence-electron chi connectivity index (χ4n) is 1.72. The van der Waals surface area contributed by atoms with Gasteiger partial charge in [-0.3, -0.25) is 0 Å². The molecule has 14 heavy (non-hydrogen) atoms. The minimum Gasteiger partial charge on any atom is -0.367 e. The summed E-state index contributed by atoms with van der Waals surface area (Å²) in [5.41, 5.74) is 0.713.